The van der Waals surface area contributed by atoms with Gasteiger partial charge in [0, 0.05) is 18.7 Å². The van der Waals surface area contributed by atoms with Crippen molar-refractivity contribution in [2.24, 2.45) is 10.9 Å². The number of nitrogens with one attached hydrogen (secondary N) is 3. The number of imidazole rings is 1. The highest BCUT2D eigenvalue weighted by molar-refractivity contribution is 7.92. The van der Waals surface area contributed by atoms with Crippen LogP contribution in [0.15, 0.2) is 40.1 Å². The summed E-state index contributed by atoms with van der Waals surface area (Å²) in [4.78, 5) is 5.68. The number of hydrogen-bond acceptors (Lipinski definition) is 11. The predicted molar refractivity (Wildman–Crippen MR) is 121 cm³/mol. The molecule has 0 amide bonds. The molecule has 0 aliphatic carbocycles. The molecule has 0 spiro atoms. The van der Waals surface area contributed by atoms with Crippen LogP contribution >= 0.6 is 0 Å². The van der Waals surface area contributed by atoms with Gasteiger partial charge in [-0.25, -0.2) is 31.7 Å². The van der Waals surface area contributed by atoms with Crippen molar-refractivity contribution in [2.45, 2.75) is 15.9 Å². The molecule has 17 heteroatoms. The predicted octanol–water partition coefficient (Wildman–Crippen LogP) is -1.76. The number of aliphatic hydroxyl groups is 1. The Bertz CT molecular complexity index is 1570. The third-order valence-corrected chi connectivity index (χ3v) is 7.46. The van der Waals surface area contributed by atoms with E-state index in [1.807, 2.05) is 0 Å². The van der Waals surface area contributed by atoms with Crippen LogP contribution in [0.5, 0.6) is 0 Å². The summed E-state index contributed by atoms with van der Waals surface area (Å²) >= 11 is 0. The number of hydrogen-bond donors (Lipinski definition) is 7. The first kappa shape index (κ1) is 23.7. The van der Waals surface area contributed by atoms with Gasteiger partial charge in [0.2, 0.25) is 25.9 Å². The second-order valence-electron chi connectivity index (χ2n) is 7.16. The second-order valence-corrected chi connectivity index (χ2v) is 10.4. The topological polar surface area (TPSA) is 262 Å². The van der Waals surface area contributed by atoms with Gasteiger partial charge in [0.1, 0.15) is 9.79 Å². The number of para-hydroxylation sites is 1. The number of nitrogens with two attached hydrogens (primary N) is 3. The smallest absolute Gasteiger partial charge is 0.242 e. The number of aromatic amines is 2. The number of sulfonamides is 2. The zero-order chi connectivity index (χ0) is 24.7. The van der Waals surface area contributed by atoms with E-state index >= 15 is 0 Å². The molecule has 0 aliphatic rings. The lowest BCUT2D eigenvalue weighted by atomic mass is 9.98. The zero-order valence-electron chi connectivity index (χ0n) is 17.3. The van der Waals surface area contributed by atoms with Crippen molar-refractivity contribution in [1.82, 2.24) is 35.3 Å². The molecule has 0 radical (unpaired) electrons. The molecular weight excluding hydrogens is 488 g/mol. The Morgan fingerprint density at radius 3 is 2.53 bits per heavy atom. The number of aliphatic hydroxyl groups excluding tert-OH is 1. The Kier molecular flexibility index (Phi) is 6.06. The number of fused-ring (bicyclic) bond motifs is 1. The van der Waals surface area contributed by atoms with Crippen LogP contribution in [0.2, 0.25) is 0 Å². The van der Waals surface area contributed by atoms with Crippen molar-refractivity contribution in [1.29, 1.82) is 0 Å². The van der Waals surface area contributed by atoms with Crippen molar-refractivity contribution in [2.75, 3.05) is 18.8 Å². The summed E-state index contributed by atoms with van der Waals surface area (Å²) in [6, 6.07) is 7.46. The molecule has 0 saturated carbocycles. The summed E-state index contributed by atoms with van der Waals surface area (Å²) in [6.45, 7) is -0.664. The molecule has 4 aromatic rings. The molecule has 15 nitrogen and oxygen atoms in total. The van der Waals surface area contributed by atoms with Gasteiger partial charge in [-0.2, -0.15) is 5.21 Å². The lowest BCUT2D eigenvalue weighted by Gasteiger charge is -2.17. The molecule has 180 valence electrons. The van der Waals surface area contributed by atoms with E-state index in [0.717, 1.165) is 6.07 Å². The minimum atomic E-state index is -4.68. The van der Waals surface area contributed by atoms with E-state index in [4.69, 9.17) is 16.6 Å². The molecule has 2 aromatic carbocycles. The average molecular weight is 509 g/mol. The third kappa shape index (κ3) is 4.34. The van der Waals surface area contributed by atoms with Gasteiger partial charge in [0.15, 0.2) is 5.95 Å². The number of rotatable bonds is 8. The number of primary sulfonamides is 1. The molecule has 2 aromatic heterocycles. The van der Waals surface area contributed by atoms with E-state index in [1.165, 1.54) is 6.07 Å². The first-order chi connectivity index (χ1) is 16.0. The Hall–Kier alpha value is -3.48. The molecule has 1 atom stereocenters. The van der Waals surface area contributed by atoms with E-state index < -0.39 is 42.5 Å². The molecule has 0 bridgehead atoms. The Morgan fingerprint density at radius 1 is 1.12 bits per heavy atom. The Labute approximate surface area is 192 Å². The van der Waals surface area contributed by atoms with Crippen LogP contribution in [0, 0.1) is 0 Å². The summed E-state index contributed by atoms with van der Waals surface area (Å²) in [5.74, 6) is -0.101. The number of tetrazole rings is 1. The standard InChI is InChI=1S/C17H20N10O5S2/c18-6-8(28)7-21-34(31,32)12-5-4-9(10-2-1-3-11-14(10)23-17(19)22-11)13(15(12)33(20,29)30)16-24-26-27-25-16/h1-5,8,21,28H,6-7,18H2,(H3,19,22,23)(H2,20,29,30)(H,24,25,26,27)/t8-/m1/s1. The average Bonchev–Trinajstić information content (AvgIpc) is 3.44. The molecule has 0 unspecified atom stereocenters. The van der Waals surface area contributed by atoms with Gasteiger partial charge < -0.3 is 21.6 Å². The fourth-order valence-electron chi connectivity index (χ4n) is 3.41. The van der Waals surface area contributed by atoms with Crippen molar-refractivity contribution < 1.29 is 21.9 Å². The number of anilines is 1. The van der Waals surface area contributed by atoms with E-state index in [1.54, 1.807) is 18.2 Å². The highest BCUT2D eigenvalue weighted by atomic mass is 32.2. The summed E-state index contributed by atoms with van der Waals surface area (Å²) in [5, 5.41) is 28.5. The van der Waals surface area contributed by atoms with Gasteiger partial charge in [-0.15, -0.1) is 10.2 Å². The largest absolute Gasteiger partial charge is 0.390 e. The molecule has 10 N–H and O–H groups in total. The summed E-state index contributed by atoms with van der Waals surface area (Å²) in [5.41, 5.74) is 12.4. The highest BCUT2D eigenvalue weighted by Gasteiger charge is 2.32. The van der Waals surface area contributed by atoms with Gasteiger partial charge in [0.05, 0.1) is 22.7 Å². The van der Waals surface area contributed by atoms with Crippen LogP contribution in [-0.4, -0.2) is 71.7 Å². The van der Waals surface area contributed by atoms with Gasteiger partial charge in [-0.3, -0.25) is 0 Å². The number of H-pyrrole nitrogens is 2. The summed E-state index contributed by atoms with van der Waals surface area (Å²) in [7, 11) is -9.16. The van der Waals surface area contributed by atoms with Crippen LogP contribution in [0.25, 0.3) is 33.5 Å². The van der Waals surface area contributed by atoms with Crippen LogP contribution in [0.1, 0.15) is 0 Å². The summed E-state index contributed by atoms with van der Waals surface area (Å²) in [6.07, 6.45) is -1.19. The zero-order valence-corrected chi connectivity index (χ0v) is 18.9. The van der Waals surface area contributed by atoms with Crippen molar-refractivity contribution in [3.63, 3.8) is 0 Å². The first-order valence-electron chi connectivity index (χ1n) is 9.59. The fourth-order valence-corrected chi connectivity index (χ4v) is 6.08. The monoisotopic (exact) mass is 508 g/mol. The molecule has 0 fully saturated rings. The SMILES string of the molecule is NC[C@@H](O)CNS(=O)(=O)c1ccc(-c2cccc3[nH]c(N)nc23)c(-c2nn[nH]n2)c1S(N)(=O)=O. The number of nitrogen functional groups attached to an aromatic ring is 1. The maximum absolute atomic E-state index is 13.0. The second kappa shape index (κ2) is 8.70. The fraction of sp³-hybridized carbons (Fsp3) is 0.176. The van der Waals surface area contributed by atoms with Crippen LogP contribution in [0.3, 0.4) is 0 Å². The highest BCUT2D eigenvalue weighted by Crippen LogP contribution is 2.40. The Balaban J connectivity index is 2.06. The normalized spacial score (nSPS) is 13.4. The molecule has 4 rings (SSSR count). The number of aromatic nitrogens is 6. The molecule has 0 aliphatic heterocycles. The molecular formula is C17H20N10O5S2. The van der Waals surface area contributed by atoms with Crippen LogP contribution < -0.4 is 21.3 Å². The minimum Gasteiger partial charge on any atom is -0.390 e. The lowest BCUT2D eigenvalue weighted by Crippen LogP contribution is -2.36. The van der Waals surface area contributed by atoms with Gasteiger partial charge in [-0.05, 0) is 22.9 Å². The van der Waals surface area contributed by atoms with Crippen LogP contribution in [0.4, 0.5) is 5.95 Å². The first-order valence-corrected chi connectivity index (χ1v) is 12.6. The molecule has 34 heavy (non-hydrogen) atoms. The van der Waals surface area contributed by atoms with Crippen molar-refractivity contribution in [3.05, 3.63) is 30.3 Å². The Morgan fingerprint density at radius 2 is 1.88 bits per heavy atom. The lowest BCUT2D eigenvalue weighted by molar-refractivity contribution is 0.186. The van der Waals surface area contributed by atoms with E-state index in [9.17, 15) is 21.9 Å². The molecule has 0 saturated heterocycles. The number of benzene rings is 2. The van der Waals surface area contributed by atoms with E-state index in [0.29, 0.717) is 16.6 Å². The van der Waals surface area contributed by atoms with Gasteiger partial charge >= 0.3 is 0 Å². The maximum atomic E-state index is 13.0. The van der Waals surface area contributed by atoms with Crippen LogP contribution in [-0.2, 0) is 20.0 Å². The van der Waals surface area contributed by atoms with Gasteiger partial charge in [-0.1, -0.05) is 18.2 Å². The minimum absolute atomic E-state index is 0.122. The van der Waals surface area contributed by atoms with Crippen molar-refractivity contribution >= 4 is 37.0 Å². The number of nitrogens with zero attached hydrogens (tertiary/aromatic N) is 4. The summed E-state index contributed by atoms with van der Waals surface area (Å²) < 4.78 is 53.7. The van der Waals surface area contributed by atoms with Crippen molar-refractivity contribution in [3.8, 4) is 22.5 Å². The molecule has 2 heterocycles. The van der Waals surface area contributed by atoms with E-state index in [-0.39, 0.29) is 29.4 Å². The quantitative estimate of drug-likeness (QED) is 0.140. The van der Waals surface area contributed by atoms with Gasteiger partial charge in [0.25, 0.3) is 0 Å². The van der Waals surface area contributed by atoms with E-state index in [2.05, 4.69) is 35.3 Å². The maximum Gasteiger partial charge on any atom is 0.242 e. The third-order valence-electron chi connectivity index (χ3n) is 4.87.